The number of ether oxygens (including phenoxy) is 2. The van der Waals surface area contributed by atoms with E-state index in [1.54, 1.807) is 31.2 Å². The van der Waals surface area contributed by atoms with E-state index < -0.39 is 24.5 Å². The zero-order valence-corrected chi connectivity index (χ0v) is 20.6. The van der Waals surface area contributed by atoms with Gasteiger partial charge in [0.15, 0.2) is 22.4 Å². The van der Waals surface area contributed by atoms with E-state index in [9.17, 15) is 14.4 Å². The van der Waals surface area contributed by atoms with E-state index in [2.05, 4.69) is 10.7 Å². The summed E-state index contributed by atoms with van der Waals surface area (Å²) in [7, 11) is 0. The number of nitrogens with zero attached hydrogens (tertiary/aromatic N) is 1. The van der Waals surface area contributed by atoms with Crippen LogP contribution >= 0.6 is 47.2 Å². The first-order valence-electron chi connectivity index (χ1n) is 9.60. The Morgan fingerprint density at radius 2 is 1.97 bits per heavy atom. The number of carboxylic acid groups (broad SMARTS) is 1. The van der Waals surface area contributed by atoms with Crippen LogP contribution in [0.2, 0.25) is 10.0 Å². The van der Waals surface area contributed by atoms with E-state index >= 15 is 0 Å². The summed E-state index contributed by atoms with van der Waals surface area (Å²) in [6.07, 6.45) is 1.48. The lowest BCUT2D eigenvalue weighted by atomic mass is 10.1. The Kier molecular flexibility index (Phi) is 8.61. The highest BCUT2D eigenvalue weighted by Crippen LogP contribution is 2.37. The number of para-hydroxylation sites is 1. The number of hydrogen-bond donors (Lipinski definition) is 3. The molecule has 0 aliphatic carbocycles. The number of thiocarbonyl (C=S) groups is 1. The lowest BCUT2D eigenvalue weighted by molar-refractivity contribution is -0.139. The molecule has 1 saturated heterocycles. The Balaban J connectivity index is 1.78. The Labute approximate surface area is 214 Å². The maximum absolute atomic E-state index is 12.9. The maximum Gasteiger partial charge on any atom is 0.341 e. The van der Waals surface area contributed by atoms with Crippen molar-refractivity contribution in [2.75, 3.05) is 18.5 Å². The molecule has 1 fully saturated rings. The van der Waals surface area contributed by atoms with Gasteiger partial charge in [0, 0.05) is 11.3 Å². The average Bonchev–Trinajstić information content (AvgIpc) is 3.03. The molecule has 0 radical (unpaired) electrons. The monoisotopic (exact) mass is 541 g/mol. The molecule has 178 valence electrons. The summed E-state index contributed by atoms with van der Waals surface area (Å²) in [6.45, 7) is 1.50. The molecule has 1 aliphatic rings. The number of halogens is 2. The Morgan fingerprint density at radius 3 is 2.65 bits per heavy atom. The van der Waals surface area contributed by atoms with Gasteiger partial charge in [0.05, 0.1) is 21.6 Å². The zero-order valence-electron chi connectivity index (χ0n) is 17.5. The Bertz CT molecular complexity index is 1190. The van der Waals surface area contributed by atoms with Crippen molar-refractivity contribution in [3.05, 3.63) is 56.9 Å². The minimum absolute atomic E-state index is 0.0921. The van der Waals surface area contributed by atoms with Gasteiger partial charge in [0.2, 0.25) is 0 Å². The number of amides is 3. The molecule has 0 bridgehead atoms. The molecule has 1 aliphatic heterocycles. The molecule has 2 aromatic rings. The first-order chi connectivity index (χ1) is 16.2. The van der Waals surface area contributed by atoms with E-state index in [1.807, 2.05) is 0 Å². The molecular weight excluding hydrogens is 525 g/mol. The number of aliphatic carboxylic acids is 1. The highest BCUT2D eigenvalue weighted by Gasteiger charge is 2.34. The lowest BCUT2D eigenvalue weighted by Gasteiger charge is -2.16. The van der Waals surface area contributed by atoms with Gasteiger partial charge in [-0.3, -0.25) is 4.79 Å². The van der Waals surface area contributed by atoms with E-state index in [0.29, 0.717) is 28.6 Å². The van der Waals surface area contributed by atoms with Crippen LogP contribution in [0.25, 0.3) is 6.08 Å². The van der Waals surface area contributed by atoms with E-state index in [0.717, 1.165) is 16.8 Å². The fraction of sp³-hybridized carbons (Fsp3) is 0.143. The van der Waals surface area contributed by atoms with Crippen LogP contribution in [-0.2, 0) is 9.59 Å². The molecule has 0 unspecified atom stereocenters. The molecule has 3 rings (SSSR count). The number of hydrazine groups is 1. The molecule has 0 aromatic heterocycles. The summed E-state index contributed by atoms with van der Waals surface area (Å²) in [5.74, 6) is -1.25. The number of benzene rings is 2. The average molecular weight is 542 g/mol. The van der Waals surface area contributed by atoms with Crippen molar-refractivity contribution in [3.63, 3.8) is 0 Å². The summed E-state index contributed by atoms with van der Waals surface area (Å²) in [5, 5.41) is 13.0. The van der Waals surface area contributed by atoms with Crippen LogP contribution in [0.4, 0.5) is 10.5 Å². The third-order valence-corrected chi connectivity index (χ3v) is 6.16. The summed E-state index contributed by atoms with van der Waals surface area (Å²) in [5.41, 5.74) is 3.16. The molecule has 13 heteroatoms. The summed E-state index contributed by atoms with van der Waals surface area (Å²) >= 11 is 18.0. The SMILES string of the molecule is CCOc1cccc(/C=C2/SC(=S)N(NC(=O)Nc3ccc(Cl)c(Cl)c3)C2=O)c1OCC(=O)O. The van der Waals surface area contributed by atoms with Crippen LogP contribution in [-0.4, -0.2) is 45.6 Å². The van der Waals surface area contributed by atoms with E-state index in [-0.39, 0.29) is 20.0 Å². The highest BCUT2D eigenvalue weighted by molar-refractivity contribution is 8.26. The minimum Gasteiger partial charge on any atom is -0.490 e. The van der Waals surface area contributed by atoms with Gasteiger partial charge in [0.25, 0.3) is 5.91 Å². The fourth-order valence-corrected chi connectivity index (χ4v) is 4.21. The Morgan fingerprint density at radius 1 is 1.21 bits per heavy atom. The molecule has 2 aromatic carbocycles. The van der Waals surface area contributed by atoms with E-state index in [4.69, 9.17) is 50.0 Å². The number of nitrogens with one attached hydrogen (secondary N) is 2. The molecule has 0 spiro atoms. The van der Waals surface area contributed by atoms with Crippen molar-refractivity contribution in [3.8, 4) is 11.5 Å². The van der Waals surface area contributed by atoms with Crippen LogP contribution in [0.5, 0.6) is 11.5 Å². The van der Waals surface area contributed by atoms with Gasteiger partial charge in [-0.05, 0) is 49.5 Å². The summed E-state index contributed by atoms with van der Waals surface area (Å²) in [4.78, 5) is 36.4. The molecular formula is C21H17Cl2N3O6S2. The maximum atomic E-state index is 12.9. The predicted octanol–water partition coefficient (Wildman–Crippen LogP) is 4.79. The van der Waals surface area contributed by atoms with Crippen molar-refractivity contribution in [2.24, 2.45) is 0 Å². The van der Waals surface area contributed by atoms with Crippen molar-refractivity contribution >= 4 is 81.2 Å². The van der Waals surface area contributed by atoms with Crippen LogP contribution in [0.3, 0.4) is 0 Å². The van der Waals surface area contributed by atoms with Crippen molar-refractivity contribution in [1.29, 1.82) is 0 Å². The number of thioether (sulfide) groups is 1. The number of carboxylic acids is 1. The quantitative estimate of drug-likeness (QED) is 0.322. The van der Waals surface area contributed by atoms with Gasteiger partial charge < -0.3 is 19.9 Å². The second kappa shape index (κ2) is 11.4. The summed E-state index contributed by atoms with van der Waals surface area (Å²) in [6, 6.07) is 8.73. The Hall–Kier alpha value is -2.99. The standard InChI is InChI=1S/C21H17Cl2N3O6S2/c1-2-31-15-5-3-4-11(18(15)32-10-17(27)28)8-16-19(29)26(21(33)34-16)25-20(30)24-12-6-7-13(22)14(23)9-12/h3-9H,2,10H2,1H3,(H,27,28)(H2,24,25,30)/b16-8+. The molecule has 9 nitrogen and oxygen atoms in total. The van der Waals surface area contributed by atoms with Gasteiger partial charge in [-0.1, -0.05) is 47.1 Å². The third kappa shape index (κ3) is 6.32. The second-order valence-corrected chi connectivity index (χ2v) is 8.99. The molecule has 0 saturated carbocycles. The highest BCUT2D eigenvalue weighted by atomic mass is 35.5. The molecule has 34 heavy (non-hydrogen) atoms. The lowest BCUT2D eigenvalue weighted by Crippen LogP contribution is -2.46. The van der Waals surface area contributed by atoms with Gasteiger partial charge in [-0.15, -0.1) is 0 Å². The third-order valence-electron chi connectivity index (χ3n) is 4.12. The first kappa shape index (κ1) is 25.6. The van der Waals surface area contributed by atoms with Gasteiger partial charge in [-0.2, -0.15) is 5.01 Å². The minimum atomic E-state index is -1.17. The largest absolute Gasteiger partial charge is 0.490 e. The second-order valence-electron chi connectivity index (χ2n) is 6.50. The molecule has 1 heterocycles. The van der Waals surface area contributed by atoms with Crippen LogP contribution < -0.4 is 20.2 Å². The first-order valence-corrected chi connectivity index (χ1v) is 11.6. The van der Waals surface area contributed by atoms with E-state index in [1.165, 1.54) is 18.2 Å². The smallest absolute Gasteiger partial charge is 0.341 e. The molecule has 3 N–H and O–H groups in total. The van der Waals surface area contributed by atoms with Crippen LogP contribution in [0.15, 0.2) is 41.3 Å². The number of rotatable bonds is 8. The normalized spacial score (nSPS) is 14.3. The number of anilines is 1. The van der Waals surface area contributed by atoms with Crippen molar-refractivity contribution < 1.29 is 29.0 Å². The van der Waals surface area contributed by atoms with Crippen LogP contribution in [0.1, 0.15) is 12.5 Å². The topological polar surface area (TPSA) is 117 Å². The molecule has 0 atom stereocenters. The zero-order chi connectivity index (χ0) is 24.8. The van der Waals surface area contributed by atoms with Gasteiger partial charge >= 0.3 is 12.0 Å². The van der Waals surface area contributed by atoms with Gasteiger partial charge in [-0.25, -0.2) is 15.0 Å². The predicted molar refractivity (Wildman–Crippen MR) is 134 cm³/mol. The number of hydrogen-bond acceptors (Lipinski definition) is 7. The summed E-state index contributed by atoms with van der Waals surface area (Å²) < 4.78 is 11.0. The number of urea groups is 1. The van der Waals surface area contributed by atoms with Gasteiger partial charge in [0.1, 0.15) is 0 Å². The number of carbonyl (C=O) groups is 3. The fourth-order valence-electron chi connectivity index (χ4n) is 2.74. The van der Waals surface area contributed by atoms with Crippen LogP contribution in [0, 0.1) is 0 Å². The van der Waals surface area contributed by atoms with Crippen molar-refractivity contribution in [1.82, 2.24) is 10.4 Å². The number of carbonyl (C=O) groups excluding carboxylic acids is 2. The van der Waals surface area contributed by atoms with Crippen molar-refractivity contribution in [2.45, 2.75) is 6.92 Å². The molecule has 3 amide bonds.